The van der Waals surface area contributed by atoms with Crippen LogP contribution in [-0.4, -0.2) is 65.4 Å². The van der Waals surface area contributed by atoms with Crippen molar-refractivity contribution in [1.29, 1.82) is 0 Å². The van der Waals surface area contributed by atoms with E-state index < -0.39 is 0 Å². The molecule has 0 saturated carbocycles. The number of ether oxygens (including phenoxy) is 5. The van der Waals surface area contributed by atoms with Gasteiger partial charge in [0.2, 0.25) is 0 Å². The fourth-order valence-electron chi connectivity index (χ4n) is 1.73. The van der Waals surface area contributed by atoms with E-state index in [0.717, 1.165) is 19.3 Å². The lowest BCUT2D eigenvalue weighted by Crippen LogP contribution is -2.12. The Hall–Kier alpha value is -0.690. The molecule has 6 heteroatoms. The molecule has 0 aliphatic heterocycles. The van der Waals surface area contributed by atoms with E-state index in [9.17, 15) is 4.79 Å². The van der Waals surface area contributed by atoms with Gasteiger partial charge < -0.3 is 23.7 Å². The molecule has 0 radical (unpaired) electrons. The molecule has 0 amide bonds. The standard InChI is InChI=1S/C17H34O6/c1-3-5-6-10-23-17(18)8-7-9-20-13-14-22-16-15-21-12-11-19-4-2/h3-16H2,1-2H3. The third-order valence-electron chi connectivity index (χ3n) is 3.00. The van der Waals surface area contributed by atoms with Gasteiger partial charge in [0.1, 0.15) is 0 Å². The molecule has 0 aliphatic rings. The fourth-order valence-corrected chi connectivity index (χ4v) is 1.73. The molecular formula is C17H34O6. The first-order valence-electron chi connectivity index (χ1n) is 8.77. The highest BCUT2D eigenvalue weighted by Crippen LogP contribution is 1.98. The van der Waals surface area contributed by atoms with Crippen LogP contribution in [0.15, 0.2) is 0 Å². The molecule has 0 atom stereocenters. The smallest absolute Gasteiger partial charge is 0.305 e. The van der Waals surface area contributed by atoms with E-state index in [1.807, 2.05) is 6.92 Å². The minimum Gasteiger partial charge on any atom is -0.466 e. The lowest BCUT2D eigenvalue weighted by Gasteiger charge is -2.07. The second-order valence-corrected chi connectivity index (χ2v) is 5.07. The Morgan fingerprint density at radius 3 is 1.78 bits per heavy atom. The van der Waals surface area contributed by atoms with Crippen molar-refractivity contribution in [3.8, 4) is 0 Å². The van der Waals surface area contributed by atoms with Crippen molar-refractivity contribution in [2.75, 3.05) is 59.5 Å². The van der Waals surface area contributed by atoms with Gasteiger partial charge in [0.25, 0.3) is 0 Å². The van der Waals surface area contributed by atoms with E-state index >= 15 is 0 Å². The van der Waals surface area contributed by atoms with Crippen LogP contribution in [0.4, 0.5) is 0 Å². The van der Waals surface area contributed by atoms with E-state index in [0.29, 0.717) is 72.3 Å². The van der Waals surface area contributed by atoms with Gasteiger partial charge in [-0.15, -0.1) is 0 Å². The SMILES string of the molecule is CCCCCOC(=O)CCCOCCOCCOCCOCC. The summed E-state index contributed by atoms with van der Waals surface area (Å²) < 4.78 is 26.3. The summed E-state index contributed by atoms with van der Waals surface area (Å²) in [6, 6.07) is 0. The predicted molar refractivity (Wildman–Crippen MR) is 88.7 cm³/mol. The van der Waals surface area contributed by atoms with Crippen molar-refractivity contribution in [3.63, 3.8) is 0 Å². The van der Waals surface area contributed by atoms with E-state index in [1.165, 1.54) is 0 Å². The summed E-state index contributed by atoms with van der Waals surface area (Å²) in [6.07, 6.45) is 4.29. The molecule has 0 unspecified atom stereocenters. The first kappa shape index (κ1) is 22.3. The summed E-state index contributed by atoms with van der Waals surface area (Å²) in [6.45, 7) is 9.30. The Morgan fingerprint density at radius 2 is 1.22 bits per heavy atom. The molecule has 23 heavy (non-hydrogen) atoms. The average Bonchev–Trinajstić information content (AvgIpc) is 2.56. The van der Waals surface area contributed by atoms with Crippen LogP contribution >= 0.6 is 0 Å². The number of unbranched alkanes of at least 4 members (excludes halogenated alkanes) is 2. The van der Waals surface area contributed by atoms with Crippen LogP contribution < -0.4 is 0 Å². The summed E-state index contributed by atoms with van der Waals surface area (Å²) >= 11 is 0. The first-order chi connectivity index (χ1) is 11.3. The van der Waals surface area contributed by atoms with Crippen LogP contribution in [0.1, 0.15) is 46.0 Å². The van der Waals surface area contributed by atoms with Gasteiger partial charge in [-0.25, -0.2) is 0 Å². The van der Waals surface area contributed by atoms with Crippen molar-refractivity contribution in [3.05, 3.63) is 0 Å². The van der Waals surface area contributed by atoms with Gasteiger partial charge in [0, 0.05) is 19.6 Å². The molecule has 0 fully saturated rings. The number of hydrogen-bond acceptors (Lipinski definition) is 6. The van der Waals surface area contributed by atoms with Gasteiger partial charge >= 0.3 is 5.97 Å². The molecular weight excluding hydrogens is 300 g/mol. The molecule has 138 valence electrons. The van der Waals surface area contributed by atoms with Crippen molar-refractivity contribution in [2.24, 2.45) is 0 Å². The van der Waals surface area contributed by atoms with Gasteiger partial charge in [-0.2, -0.15) is 0 Å². The van der Waals surface area contributed by atoms with Gasteiger partial charge in [-0.1, -0.05) is 19.8 Å². The van der Waals surface area contributed by atoms with E-state index in [1.54, 1.807) is 0 Å². The Balaban J connectivity index is 3.08. The third kappa shape index (κ3) is 19.3. The number of carbonyl (C=O) groups is 1. The van der Waals surface area contributed by atoms with Gasteiger partial charge in [-0.05, 0) is 19.8 Å². The number of hydrogen-bond donors (Lipinski definition) is 0. The van der Waals surface area contributed by atoms with E-state index in [4.69, 9.17) is 23.7 Å². The highest BCUT2D eigenvalue weighted by Gasteiger charge is 2.02. The molecule has 0 aromatic carbocycles. The number of rotatable bonds is 18. The predicted octanol–water partition coefficient (Wildman–Crippen LogP) is 2.59. The number of carbonyl (C=O) groups excluding carboxylic acids is 1. The highest BCUT2D eigenvalue weighted by molar-refractivity contribution is 5.69. The zero-order valence-corrected chi connectivity index (χ0v) is 14.8. The van der Waals surface area contributed by atoms with Gasteiger partial charge in [0.15, 0.2) is 0 Å². The third-order valence-corrected chi connectivity index (χ3v) is 3.00. The number of esters is 1. The Labute approximate surface area is 140 Å². The Kier molecular flexibility index (Phi) is 18.8. The van der Waals surface area contributed by atoms with Crippen LogP contribution in [-0.2, 0) is 28.5 Å². The maximum absolute atomic E-state index is 11.4. The lowest BCUT2D eigenvalue weighted by atomic mass is 10.3. The molecule has 0 heterocycles. The lowest BCUT2D eigenvalue weighted by molar-refractivity contribution is -0.144. The van der Waals surface area contributed by atoms with Crippen molar-refractivity contribution in [1.82, 2.24) is 0 Å². The molecule has 0 rings (SSSR count). The largest absolute Gasteiger partial charge is 0.466 e. The summed E-state index contributed by atoms with van der Waals surface area (Å²) in [5.74, 6) is -0.134. The van der Waals surface area contributed by atoms with Crippen LogP contribution in [0.5, 0.6) is 0 Å². The van der Waals surface area contributed by atoms with Crippen molar-refractivity contribution >= 4 is 5.97 Å². The second-order valence-electron chi connectivity index (χ2n) is 5.07. The second kappa shape index (κ2) is 19.4. The van der Waals surface area contributed by atoms with E-state index in [-0.39, 0.29) is 5.97 Å². The molecule has 0 spiro atoms. The van der Waals surface area contributed by atoms with Crippen molar-refractivity contribution < 1.29 is 28.5 Å². The molecule has 0 bridgehead atoms. The minimum atomic E-state index is -0.134. The van der Waals surface area contributed by atoms with Crippen LogP contribution in [0.25, 0.3) is 0 Å². The van der Waals surface area contributed by atoms with Gasteiger partial charge in [0.05, 0.1) is 46.2 Å². The van der Waals surface area contributed by atoms with Crippen LogP contribution in [0.3, 0.4) is 0 Å². The zero-order valence-electron chi connectivity index (χ0n) is 14.8. The summed E-state index contributed by atoms with van der Waals surface area (Å²) in [5, 5.41) is 0. The van der Waals surface area contributed by atoms with Crippen LogP contribution in [0, 0.1) is 0 Å². The first-order valence-corrected chi connectivity index (χ1v) is 8.77. The highest BCUT2D eigenvalue weighted by atomic mass is 16.6. The van der Waals surface area contributed by atoms with Crippen molar-refractivity contribution in [2.45, 2.75) is 46.0 Å². The maximum atomic E-state index is 11.4. The molecule has 6 nitrogen and oxygen atoms in total. The normalized spacial score (nSPS) is 10.9. The molecule has 0 N–H and O–H groups in total. The monoisotopic (exact) mass is 334 g/mol. The molecule has 0 saturated heterocycles. The van der Waals surface area contributed by atoms with Gasteiger partial charge in [-0.3, -0.25) is 4.79 Å². The minimum absolute atomic E-state index is 0.134. The molecule has 0 aromatic rings. The zero-order chi connectivity index (χ0) is 17.0. The Bertz CT molecular complexity index is 247. The summed E-state index contributed by atoms with van der Waals surface area (Å²) in [4.78, 5) is 11.4. The Morgan fingerprint density at radius 1 is 0.652 bits per heavy atom. The molecule has 0 aliphatic carbocycles. The molecule has 0 aromatic heterocycles. The summed E-state index contributed by atoms with van der Waals surface area (Å²) in [7, 11) is 0. The van der Waals surface area contributed by atoms with Crippen LogP contribution in [0.2, 0.25) is 0 Å². The summed E-state index contributed by atoms with van der Waals surface area (Å²) in [5.41, 5.74) is 0. The fraction of sp³-hybridized carbons (Fsp3) is 0.941. The maximum Gasteiger partial charge on any atom is 0.305 e. The average molecular weight is 334 g/mol. The topological polar surface area (TPSA) is 63.2 Å². The van der Waals surface area contributed by atoms with E-state index in [2.05, 4.69) is 6.92 Å². The quantitative estimate of drug-likeness (QED) is 0.284.